The van der Waals surface area contributed by atoms with Gasteiger partial charge in [0.1, 0.15) is 5.75 Å². The van der Waals surface area contributed by atoms with E-state index in [4.69, 9.17) is 9.47 Å². The van der Waals surface area contributed by atoms with E-state index < -0.39 is 6.10 Å². The van der Waals surface area contributed by atoms with Crippen LogP contribution < -0.4 is 9.64 Å². The second kappa shape index (κ2) is 7.60. The molecule has 0 saturated heterocycles. The van der Waals surface area contributed by atoms with Gasteiger partial charge in [0.2, 0.25) is 0 Å². The molecular weight excluding hydrogens is 330 g/mol. The monoisotopic (exact) mass is 353 g/mol. The molecular formula is C21H23NO4. The molecule has 0 aliphatic carbocycles. The zero-order valence-electron chi connectivity index (χ0n) is 15.3. The van der Waals surface area contributed by atoms with E-state index in [9.17, 15) is 9.59 Å². The van der Waals surface area contributed by atoms with Gasteiger partial charge in [0.25, 0.3) is 5.91 Å². The number of esters is 1. The largest absolute Gasteiger partial charge is 0.481 e. The van der Waals surface area contributed by atoms with Gasteiger partial charge in [-0.1, -0.05) is 18.2 Å². The number of anilines is 1. The normalized spacial score (nSPS) is 16.7. The summed E-state index contributed by atoms with van der Waals surface area (Å²) in [6.07, 6.45) is 0.222. The molecule has 5 nitrogen and oxygen atoms in total. The van der Waals surface area contributed by atoms with Crippen molar-refractivity contribution in [2.24, 2.45) is 0 Å². The van der Waals surface area contributed by atoms with E-state index in [0.717, 1.165) is 12.1 Å². The first-order valence-corrected chi connectivity index (χ1v) is 8.86. The van der Waals surface area contributed by atoms with E-state index in [2.05, 4.69) is 6.07 Å². The molecule has 2 aromatic rings. The molecule has 2 atom stereocenters. The van der Waals surface area contributed by atoms with Crippen LogP contribution in [0.4, 0.5) is 5.69 Å². The van der Waals surface area contributed by atoms with Crippen molar-refractivity contribution in [1.82, 2.24) is 0 Å². The van der Waals surface area contributed by atoms with E-state index in [0.29, 0.717) is 17.9 Å². The highest BCUT2D eigenvalue weighted by atomic mass is 16.5. The molecule has 2 aromatic carbocycles. The summed E-state index contributed by atoms with van der Waals surface area (Å²) in [7, 11) is 0. The van der Waals surface area contributed by atoms with E-state index in [1.807, 2.05) is 30.0 Å². The van der Waals surface area contributed by atoms with Crippen LogP contribution in [-0.2, 0) is 16.0 Å². The van der Waals surface area contributed by atoms with Crippen LogP contribution in [0.2, 0.25) is 0 Å². The number of para-hydroxylation sites is 1. The van der Waals surface area contributed by atoms with Crippen molar-refractivity contribution < 1.29 is 19.1 Å². The maximum absolute atomic E-state index is 12.9. The lowest BCUT2D eigenvalue weighted by Crippen LogP contribution is -2.43. The Bertz CT molecular complexity index is 800. The average molecular weight is 353 g/mol. The minimum absolute atomic E-state index is 0.0723. The molecule has 5 heteroatoms. The van der Waals surface area contributed by atoms with Gasteiger partial charge >= 0.3 is 5.97 Å². The lowest BCUT2D eigenvalue weighted by molar-refractivity contribution is -0.124. The number of hydrogen-bond acceptors (Lipinski definition) is 4. The number of nitrogens with zero attached hydrogens (tertiary/aromatic N) is 1. The van der Waals surface area contributed by atoms with Crippen molar-refractivity contribution in [3.05, 3.63) is 59.7 Å². The first-order chi connectivity index (χ1) is 12.5. The van der Waals surface area contributed by atoms with Gasteiger partial charge in [0.05, 0.1) is 12.2 Å². The molecule has 0 aromatic heterocycles. The van der Waals surface area contributed by atoms with Crippen LogP contribution in [0.1, 0.15) is 36.7 Å². The second-order valence-corrected chi connectivity index (χ2v) is 6.40. The van der Waals surface area contributed by atoms with Crippen LogP contribution in [-0.4, -0.2) is 30.6 Å². The van der Waals surface area contributed by atoms with Crippen LogP contribution in [0.25, 0.3) is 0 Å². The van der Waals surface area contributed by atoms with Crippen LogP contribution in [0.15, 0.2) is 48.5 Å². The highest BCUT2D eigenvalue weighted by Crippen LogP contribution is 2.32. The van der Waals surface area contributed by atoms with Gasteiger partial charge in [-0.3, -0.25) is 4.79 Å². The molecule has 1 aliphatic rings. The standard InChI is InChI=1S/C21H23NO4/c1-4-25-21(24)16-9-11-18(12-10-16)26-15(3)20(23)22-14(2)13-17-7-5-6-8-19(17)22/h5-12,14-15H,4,13H2,1-3H3/t14-,15+/m1/s1. The summed E-state index contributed by atoms with van der Waals surface area (Å²) < 4.78 is 10.8. The smallest absolute Gasteiger partial charge is 0.338 e. The molecule has 1 aliphatic heterocycles. The molecule has 3 rings (SSSR count). The Labute approximate surface area is 153 Å². The first-order valence-electron chi connectivity index (χ1n) is 8.86. The highest BCUT2D eigenvalue weighted by molar-refractivity contribution is 5.99. The minimum atomic E-state index is -0.628. The summed E-state index contributed by atoms with van der Waals surface area (Å²) >= 11 is 0. The number of carbonyl (C=O) groups is 2. The van der Waals surface area contributed by atoms with Crippen LogP contribution in [0.3, 0.4) is 0 Å². The van der Waals surface area contributed by atoms with Crippen molar-refractivity contribution >= 4 is 17.6 Å². The van der Waals surface area contributed by atoms with E-state index in [-0.39, 0.29) is 17.9 Å². The zero-order valence-corrected chi connectivity index (χ0v) is 15.3. The maximum Gasteiger partial charge on any atom is 0.338 e. The van der Waals surface area contributed by atoms with Crippen LogP contribution >= 0.6 is 0 Å². The number of fused-ring (bicyclic) bond motifs is 1. The van der Waals surface area contributed by atoms with Crippen LogP contribution in [0, 0.1) is 0 Å². The third-order valence-electron chi connectivity index (χ3n) is 4.47. The van der Waals surface area contributed by atoms with Crippen molar-refractivity contribution in [2.45, 2.75) is 39.3 Å². The fourth-order valence-corrected chi connectivity index (χ4v) is 3.24. The van der Waals surface area contributed by atoms with Gasteiger partial charge in [-0.2, -0.15) is 0 Å². The Morgan fingerprint density at radius 2 is 1.85 bits per heavy atom. The Hall–Kier alpha value is -2.82. The fraction of sp³-hybridized carbons (Fsp3) is 0.333. The van der Waals surface area contributed by atoms with Gasteiger partial charge in [-0.15, -0.1) is 0 Å². The van der Waals surface area contributed by atoms with E-state index >= 15 is 0 Å². The SMILES string of the molecule is CCOC(=O)c1ccc(O[C@@H](C)C(=O)N2c3ccccc3C[C@H]2C)cc1. The number of amides is 1. The number of rotatable bonds is 5. The zero-order chi connectivity index (χ0) is 18.7. The third kappa shape index (κ3) is 3.57. The van der Waals surface area contributed by atoms with Gasteiger partial charge in [-0.25, -0.2) is 4.79 Å². The van der Waals surface area contributed by atoms with Gasteiger partial charge in [0, 0.05) is 11.7 Å². The average Bonchev–Trinajstić information content (AvgIpc) is 2.97. The van der Waals surface area contributed by atoms with Crippen molar-refractivity contribution in [2.75, 3.05) is 11.5 Å². The van der Waals surface area contributed by atoms with Gasteiger partial charge in [-0.05, 0) is 63.1 Å². The number of ether oxygens (including phenoxy) is 2. The molecule has 0 bridgehead atoms. The third-order valence-corrected chi connectivity index (χ3v) is 4.47. The molecule has 1 heterocycles. The quantitative estimate of drug-likeness (QED) is 0.771. The molecule has 0 unspecified atom stereocenters. The summed E-state index contributed by atoms with van der Waals surface area (Å²) in [5.41, 5.74) is 2.60. The highest BCUT2D eigenvalue weighted by Gasteiger charge is 2.33. The minimum Gasteiger partial charge on any atom is -0.481 e. The van der Waals surface area contributed by atoms with Gasteiger partial charge < -0.3 is 14.4 Å². The number of carbonyl (C=O) groups excluding carboxylic acids is 2. The molecule has 0 fully saturated rings. The van der Waals surface area contributed by atoms with Crippen molar-refractivity contribution in [3.63, 3.8) is 0 Å². The Kier molecular flexibility index (Phi) is 5.26. The first kappa shape index (κ1) is 18.0. The van der Waals surface area contributed by atoms with Crippen LogP contribution in [0.5, 0.6) is 5.75 Å². The van der Waals surface area contributed by atoms with E-state index in [1.165, 1.54) is 5.56 Å². The predicted octanol–water partition coefficient (Wildman–Crippen LogP) is 3.61. The summed E-state index contributed by atoms with van der Waals surface area (Å²) in [6, 6.07) is 14.7. The predicted molar refractivity (Wildman–Crippen MR) is 99.6 cm³/mol. The van der Waals surface area contributed by atoms with Crippen molar-refractivity contribution in [3.8, 4) is 5.75 Å². The second-order valence-electron chi connectivity index (χ2n) is 6.40. The Morgan fingerprint density at radius 3 is 2.54 bits per heavy atom. The summed E-state index contributed by atoms with van der Waals surface area (Å²) in [5, 5.41) is 0. The number of hydrogen-bond donors (Lipinski definition) is 0. The molecule has 0 N–H and O–H groups in total. The topological polar surface area (TPSA) is 55.8 Å². The number of benzene rings is 2. The lowest BCUT2D eigenvalue weighted by atomic mass is 10.1. The fourth-order valence-electron chi connectivity index (χ4n) is 3.24. The molecule has 26 heavy (non-hydrogen) atoms. The molecule has 0 spiro atoms. The molecule has 0 radical (unpaired) electrons. The Balaban J connectivity index is 1.69. The van der Waals surface area contributed by atoms with E-state index in [1.54, 1.807) is 38.1 Å². The van der Waals surface area contributed by atoms with Crippen molar-refractivity contribution in [1.29, 1.82) is 0 Å². The summed E-state index contributed by atoms with van der Waals surface area (Å²) in [4.78, 5) is 26.4. The lowest BCUT2D eigenvalue weighted by Gasteiger charge is -2.26. The molecule has 0 saturated carbocycles. The Morgan fingerprint density at radius 1 is 1.15 bits per heavy atom. The molecule has 1 amide bonds. The maximum atomic E-state index is 12.9. The summed E-state index contributed by atoms with van der Waals surface area (Å²) in [5.74, 6) is 0.0987. The summed E-state index contributed by atoms with van der Waals surface area (Å²) in [6.45, 7) is 5.88. The van der Waals surface area contributed by atoms with Gasteiger partial charge in [0.15, 0.2) is 6.10 Å². The molecule has 136 valence electrons.